The fourth-order valence-electron chi connectivity index (χ4n) is 2.54. The summed E-state index contributed by atoms with van der Waals surface area (Å²) in [6, 6.07) is 13.6. The van der Waals surface area contributed by atoms with Crippen LogP contribution in [0.15, 0.2) is 72.3 Å². The van der Waals surface area contributed by atoms with Crippen molar-refractivity contribution >= 4 is 34.6 Å². The first-order chi connectivity index (χ1) is 13.4. The maximum atomic E-state index is 15.3. The number of hydrogen-bond acceptors (Lipinski definition) is 2. The van der Waals surface area contributed by atoms with Crippen LogP contribution in [0.4, 0.5) is 10.2 Å². The summed E-state index contributed by atoms with van der Waals surface area (Å²) in [6.07, 6.45) is 4.07. The highest BCUT2D eigenvalue weighted by Crippen LogP contribution is 2.25. The molecule has 28 heavy (non-hydrogen) atoms. The molecule has 3 nitrogen and oxygen atoms in total. The third kappa shape index (κ3) is 5.40. The molecular formula is C23H24ClFN2O. The largest absolute Gasteiger partial charge is 0.295 e. The molecule has 1 atom stereocenters. The lowest BCUT2D eigenvalue weighted by molar-refractivity contribution is 0.101. The SMILES string of the molecule is C=C/C=C(\N=C(C(C)CC)N(F)c1ccc(C(C)=O)cc1)c1ccc(Cl)cc1. The number of nitrogens with zero attached hydrogens (tertiary/aromatic N) is 2. The lowest BCUT2D eigenvalue weighted by Gasteiger charge is -2.21. The van der Waals surface area contributed by atoms with Crippen LogP contribution in [0.2, 0.25) is 5.02 Å². The number of benzene rings is 2. The lowest BCUT2D eigenvalue weighted by atomic mass is 10.1. The summed E-state index contributed by atoms with van der Waals surface area (Å²) < 4.78 is 15.3. The molecule has 0 heterocycles. The first-order valence-electron chi connectivity index (χ1n) is 9.11. The van der Waals surface area contributed by atoms with Gasteiger partial charge in [-0.3, -0.25) is 4.79 Å². The predicted molar refractivity (Wildman–Crippen MR) is 117 cm³/mol. The number of aliphatic imine (C=N–C) groups is 1. The zero-order chi connectivity index (χ0) is 20.7. The highest BCUT2D eigenvalue weighted by molar-refractivity contribution is 6.30. The molecule has 2 rings (SSSR count). The molecule has 0 aliphatic rings. The smallest absolute Gasteiger partial charge is 0.159 e. The predicted octanol–water partition coefficient (Wildman–Crippen LogP) is 6.91. The number of carbonyl (C=O) groups is 1. The van der Waals surface area contributed by atoms with Crippen LogP contribution in [0.5, 0.6) is 0 Å². The summed E-state index contributed by atoms with van der Waals surface area (Å²) in [5.41, 5.74) is 2.25. The van der Waals surface area contributed by atoms with E-state index in [1.54, 1.807) is 48.6 Å². The minimum absolute atomic E-state index is 0.0632. The van der Waals surface area contributed by atoms with Crippen molar-refractivity contribution < 1.29 is 9.28 Å². The van der Waals surface area contributed by atoms with Crippen LogP contribution in [0.25, 0.3) is 5.70 Å². The van der Waals surface area contributed by atoms with Gasteiger partial charge in [0.05, 0.1) is 11.4 Å². The van der Waals surface area contributed by atoms with E-state index in [1.165, 1.54) is 6.92 Å². The molecular weight excluding hydrogens is 375 g/mol. The summed E-state index contributed by atoms with van der Waals surface area (Å²) in [7, 11) is 0. The Balaban J connectivity index is 2.47. The molecule has 0 fully saturated rings. The van der Waals surface area contributed by atoms with Crippen LogP contribution in [-0.2, 0) is 0 Å². The number of amidine groups is 1. The molecule has 0 saturated heterocycles. The van der Waals surface area contributed by atoms with Gasteiger partial charge < -0.3 is 0 Å². The van der Waals surface area contributed by atoms with Gasteiger partial charge in [0.25, 0.3) is 0 Å². The van der Waals surface area contributed by atoms with Gasteiger partial charge in [0.1, 0.15) is 5.84 Å². The molecule has 0 aliphatic heterocycles. The van der Waals surface area contributed by atoms with Gasteiger partial charge in [-0.2, -0.15) is 5.12 Å². The van der Waals surface area contributed by atoms with Gasteiger partial charge in [-0.05, 0) is 55.8 Å². The van der Waals surface area contributed by atoms with Crippen LogP contribution >= 0.6 is 11.6 Å². The third-order valence-corrected chi connectivity index (χ3v) is 4.66. The Morgan fingerprint density at radius 2 is 1.75 bits per heavy atom. The molecule has 0 amide bonds. The van der Waals surface area contributed by atoms with E-state index in [2.05, 4.69) is 11.6 Å². The van der Waals surface area contributed by atoms with E-state index in [-0.39, 0.29) is 17.5 Å². The monoisotopic (exact) mass is 398 g/mol. The Hall–Kier alpha value is -2.72. The van der Waals surface area contributed by atoms with Gasteiger partial charge in [0.2, 0.25) is 0 Å². The highest BCUT2D eigenvalue weighted by Gasteiger charge is 2.20. The summed E-state index contributed by atoms with van der Waals surface area (Å²) in [6.45, 7) is 9.11. The molecule has 2 aromatic carbocycles. The molecule has 0 bridgehead atoms. The van der Waals surface area contributed by atoms with Crippen LogP contribution in [0.1, 0.15) is 43.1 Å². The van der Waals surface area contributed by atoms with Crippen LogP contribution < -0.4 is 5.12 Å². The number of ketones is 1. The maximum Gasteiger partial charge on any atom is 0.159 e. The summed E-state index contributed by atoms with van der Waals surface area (Å²) >= 11 is 5.97. The van der Waals surface area contributed by atoms with E-state index < -0.39 is 0 Å². The average Bonchev–Trinajstić information content (AvgIpc) is 2.70. The van der Waals surface area contributed by atoms with E-state index in [1.807, 2.05) is 26.0 Å². The lowest BCUT2D eigenvalue weighted by Crippen LogP contribution is -2.28. The van der Waals surface area contributed by atoms with Gasteiger partial charge in [-0.25, -0.2) is 4.99 Å². The Morgan fingerprint density at radius 1 is 1.18 bits per heavy atom. The fourth-order valence-corrected chi connectivity index (χ4v) is 2.67. The van der Waals surface area contributed by atoms with Crippen molar-refractivity contribution in [2.24, 2.45) is 10.9 Å². The van der Waals surface area contributed by atoms with E-state index in [4.69, 9.17) is 11.6 Å². The van der Waals surface area contributed by atoms with Crippen molar-refractivity contribution in [1.29, 1.82) is 0 Å². The topological polar surface area (TPSA) is 32.7 Å². The molecule has 1 unspecified atom stereocenters. The van der Waals surface area contributed by atoms with Gasteiger partial charge in [-0.15, -0.1) is 0 Å². The average molecular weight is 399 g/mol. The van der Waals surface area contributed by atoms with E-state index in [0.29, 0.717) is 33.5 Å². The molecule has 0 aromatic heterocycles. The zero-order valence-electron chi connectivity index (χ0n) is 16.3. The first kappa shape index (κ1) is 21.6. The number of Topliss-reactive ketones (excluding diaryl/α,β-unsaturated/α-hetero) is 1. The molecule has 5 heteroatoms. The minimum atomic E-state index is -0.127. The van der Waals surface area contributed by atoms with Crippen molar-refractivity contribution in [1.82, 2.24) is 0 Å². The summed E-state index contributed by atoms with van der Waals surface area (Å²) in [5, 5.41) is 1.19. The first-order valence-corrected chi connectivity index (χ1v) is 9.49. The van der Waals surface area contributed by atoms with Gasteiger partial charge >= 0.3 is 0 Å². The number of carbonyl (C=O) groups excluding carboxylic acids is 1. The van der Waals surface area contributed by atoms with Crippen LogP contribution in [0.3, 0.4) is 0 Å². The Bertz CT molecular complexity index is 886. The number of allylic oxidation sites excluding steroid dienone is 2. The molecule has 0 N–H and O–H groups in total. The van der Waals surface area contributed by atoms with Crippen molar-refractivity contribution in [2.45, 2.75) is 27.2 Å². The molecule has 0 aliphatic carbocycles. The molecule has 2 aromatic rings. The van der Waals surface area contributed by atoms with E-state index >= 15 is 4.48 Å². The standard InChI is InChI=1S/C23H24ClFN2O/c1-5-7-22(19-8-12-20(24)13-9-19)26-23(16(3)6-2)27(25)21-14-10-18(11-15-21)17(4)28/h5,7-16H,1,6H2,2-4H3/b22-7-,26-23?. The second kappa shape index (κ2) is 10.00. The van der Waals surface area contributed by atoms with Crippen molar-refractivity contribution in [3.05, 3.63) is 83.4 Å². The summed E-state index contributed by atoms with van der Waals surface area (Å²) in [4.78, 5) is 16.1. The minimum Gasteiger partial charge on any atom is -0.295 e. The second-order valence-electron chi connectivity index (χ2n) is 6.46. The van der Waals surface area contributed by atoms with Crippen LogP contribution in [-0.4, -0.2) is 11.6 Å². The Kier molecular flexibility index (Phi) is 7.70. The van der Waals surface area contributed by atoms with Crippen molar-refractivity contribution in [3.63, 3.8) is 0 Å². The zero-order valence-corrected chi connectivity index (χ0v) is 17.1. The van der Waals surface area contributed by atoms with E-state index in [0.717, 1.165) is 5.56 Å². The summed E-state index contributed by atoms with van der Waals surface area (Å²) in [5.74, 6) is 0.0887. The van der Waals surface area contributed by atoms with Crippen molar-refractivity contribution in [3.8, 4) is 0 Å². The number of hydrogen-bond donors (Lipinski definition) is 0. The number of rotatable bonds is 7. The molecule has 0 spiro atoms. The Labute approximate surface area is 170 Å². The number of halogens is 2. The molecule has 0 saturated carbocycles. The Morgan fingerprint density at radius 3 is 2.25 bits per heavy atom. The maximum absolute atomic E-state index is 15.3. The van der Waals surface area contributed by atoms with Crippen molar-refractivity contribution in [2.75, 3.05) is 5.12 Å². The van der Waals surface area contributed by atoms with Gasteiger partial charge in [0, 0.05) is 22.1 Å². The fraction of sp³-hybridized carbons (Fsp3) is 0.217. The third-order valence-electron chi connectivity index (χ3n) is 4.41. The van der Waals surface area contributed by atoms with Gasteiger partial charge in [0.15, 0.2) is 5.78 Å². The molecule has 0 radical (unpaired) electrons. The quantitative estimate of drug-likeness (QED) is 0.167. The number of anilines is 1. The molecule has 146 valence electrons. The van der Waals surface area contributed by atoms with Gasteiger partial charge in [-0.1, -0.05) is 54.7 Å². The van der Waals surface area contributed by atoms with Crippen LogP contribution in [0, 0.1) is 5.92 Å². The highest BCUT2D eigenvalue weighted by atomic mass is 35.5. The van der Waals surface area contributed by atoms with E-state index in [9.17, 15) is 4.79 Å². The second-order valence-corrected chi connectivity index (χ2v) is 6.89. The normalized spacial score (nSPS) is 13.2.